The molecular formula is C20H18F3N5O4S. The van der Waals surface area contributed by atoms with Crippen LogP contribution in [0.2, 0.25) is 0 Å². The van der Waals surface area contributed by atoms with E-state index < -0.39 is 27.8 Å². The molecule has 1 N–H and O–H groups in total. The van der Waals surface area contributed by atoms with Gasteiger partial charge < -0.3 is 15.1 Å². The van der Waals surface area contributed by atoms with E-state index in [0.717, 1.165) is 23.9 Å². The number of aromatic nitrogens is 1. The summed E-state index contributed by atoms with van der Waals surface area (Å²) in [6, 6.07) is 6.07. The van der Waals surface area contributed by atoms with Gasteiger partial charge in [-0.05, 0) is 24.3 Å². The number of benzene rings is 1. The van der Waals surface area contributed by atoms with Crippen molar-refractivity contribution < 1.29 is 27.7 Å². The summed E-state index contributed by atoms with van der Waals surface area (Å²) in [5, 5.41) is 12.5. The summed E-state index contributed by atoms with van der Waals surface area (Å²) in [5.41, 5.74) is -0.864. The number of nitrogens with zero attached hydrogens (tertiary/aromatic N) is 4. The lowest BCUT2D eigenvalue weighted by molar-refractivity contribution is -0.385. The Hall–Kier alpha value is -3.35. The first-order valence-electron chi connectivity index (χ1n) is 9.94. The van der Waals surface area contributed by atoms with Crippen molar-refractivity contribution in [3.63, 3.8) is 0 Å². The number of amides is 2. The molecule has 0 spiro atoms. The van der Waals surface area contributed by atoms with Crippen LogP contribution in [0.4, 0.5) is 30.4 Å². The number of pyridine rings is 1. The molecule has 0 aliphatic carbocycles. The summed E-state index contributed by atoms with van der Waals surface area (Å²) in [6.45, 7) is 1.73. The minimum atomic E-state index is -4.51. The number of thioether (sulfide) groups is 1. The van der Waals surface area contributed by atoms with Crippen molar-refractivity contribution in [2.24, 2.45) is 0 Å². The molecule has 33 heavy (non-hydrogen) atoms. The average Bonchev–Trinajstić information content (AvgIpc) is 2.78. The number of nitrogens with one attached hydrogen (secondary N) is 1. The van der Waals surface area contributed by atoms with Gasteiger partial charge >= 0.3 is 6.18 Å². The molecular weight excluding hydrogens is 463 g/mol. The predicted molar refractivity (Wildman–Crippen MR) is 114 cm³/mol. The second-order valence-corrected chi connectivity index (χ2v) is 8.75. The number of hydrogen-bond donors (Lipinski definition) is 1. The van der Waals surface area contributed by atoms with Gasteiger partial charge in [0.05, 0.1) is 21.4 Å². The number of carbonyl (C=O) groups excluding carboxylic acids is 2. The van der Waals surface area contributed by atoms with Gasteiger partial charge in [0.2, 0.25) is 11.8 Å². The average molecular weight is 481 g/mol. The van der Waals surface area contributed by atoms with Gasteiger partial charge in [0.15, 0.2) is 0 Å². The maximum atomic E-state index is 12.9. The Morgan fingerprint density at radius 2 is 1.94 bits per heavy atom. The number of alkyl halides is 3. The van der Waals surface area contributed by atoms with Crippen LogP contribution in [0.25, 0.3) is 0 Å². The lowest BCUT2D eigenvalue weighted by Crippen LogP contribution is -2.50. The second kappa shape index (κ2) is 8.89. The lowest BCUT2D eigenvalue weighted by atomic mass is 10.1. The Bertz CT molecular complexity index is 1090. The highest BCUT2D eigenvalue weighted by molar-refractivity contribution is 8.01. The van der Waals surface area contributed by atoms with Crippen molar-refractivity contribution in [1.29, 1.82) is 0 Å². The number of rotatable bonds is 4. The minimum absolute atomic E-state index is 0.0766. The number of nitro groups is 1. The number of halogens is 3. The summed E-state index contributed by atoms with van der Waals surface area (Å²) >= 11 is 1.08. The minimum Gasteiger partial charge on any atom is -0.353 e. The Kier molecular flexibility index (Phi) is 6.15. The molecule has 174 valence electrons. The summed E-state index contributed by atoms with van der Waals surface area (Å²) in [4.78, 5) is 43.5. The molecule has 2 aliphatic rings. The largest absolute Gasteiger partial charge is 0.416 e. The van der Waals surface area contributed by atoms with Crippen LogP contribution in [-0.2, 0) is 15.8 Å². The zero-order valence-corrected chi connectivity index (χ0v) is 17.9. The molecule has 9 nitrogen and oxygen atoms in total. The number of fused-ring (bicyclic) bond motifs is 1. The fourth-order valence-corrected chi connectivity index (χ4v) is 4.69. The van der Waals surface area contributed by atoms with Gasteiger partial charge in [-0.3, -0.25) is 19.7 Å². The molecule has 3 heterocycles. The summed E-state index contributed by atoms with van der Waals surface area (Å²) in [6.07, 6.45) is -3.41. The highest BCUT2D eigenvalue weighted by atomic mass is 32.2. The third-order valence-corrected chi connectivity index (χ3v) is 6.66. The molecule has 0 radical (unpaired) electrons. The number of carbonyl (C=O) groups is 2. The standard InChI is InChI=1S/C20H18F3N5O4S/c21-20(22,23)12-1-3-15-14(9-12)25-19(30)16(33-15)10-18(29)27-7-5-26(6-8-27)17-4-2-13(11-24-17)28(31)32/h1-4,9,11,16H,5-8,10H2,(H,25,30)/t16-/m0/s1. The van der Waals surface area contributed by atoms with Crippen molar-refractivity contribution in [2.45, 2.75) is 22.7 Å². The third kappa shape index (κ3) is 5.02. The molecule has 2 aromatic rings. The van der Waals surface area contributed by atoms with Gasteiger partial charge in [0, 0.05) is 43.6 Å². The maximum absolute atomic E-state index is 12.9. The van der Waals surface area contributed by atoms with Gasteiger partial charge in [-0.1, -0.05) is 0 Å². The lowest BCUT2D eigenvalue weighted by Gasteiger charge is -2.36. The molecule has 0 saturated carbocycles. The highest BCUT2D eigenvalue weighted by Crippen LogP contribution is 2.40. The van der Waals surface area contributed by atoms with Crippen LogP contribution >= 0.6 is 11.8 Å². The van der Waals surface area contributed by atoms with Crippen LogP contribution < -0.4 is 10.2 Å². The fourth-order valence-electron chi connectivity index (χ4n) is 3.61. The quantitative estimate of drug-likeness (QED) is 0.528. The number of anilines is 2. The topological polar surface area (TPSA) is 109 Å². The fraction of sp³-hybridized carbons (Fsp3) is 0.350. The number of hydrogen-bond acceptors (Lipinski definition) is 7. The Morgan fingerprint density at radius 1 is 1.21 bits per heavy atom. The first-order chi connectivity index (χ1) is 15.6. The van der Waals surface area contributed by atoms with E-state index in [1.165, 1.54) is 18.3 Å². The smallest absolute Gasteiger partial charge is 0.353 e. The monoisotopic (exact) mass is 481 g/mol. The van der Waals surface area contributed by atoms with Gasteiger partial charge in [-0.15, -0.1) is 11.8 Å². The van der Waals surface area contributed by atoms with Gasteiger partial charge in [0.1, 0.15) is 12.0 Å². The normalized spacial score (nSPS) is 18.5. The van der Waals surface area contributed by atoms with E-state index in [1.807, 2.05) is 4.90 Å². The van der Waals surface area contributed by atoms with Crippen LogP contribution in [0.5, 0.6) is 0 Å². The number of piperazine rings is 1. The zero-order chi connectivity index (χ0) is 23.8. The summed E-state index contributed by atoms with van der Waals surface area (Å²) in [5.74, 6) is -0.159. The van der Waals surface area contributed by atoms with E-state index in [0.29, 0.717) is 36.9 Å². The predicted octanol–water partition coefficient (Wildman–Crippen LogP) is 3.16. The maximum Gasteiger partial charge on any atom is 0.416 e. The van der Waals surface area contributed by atoms with E-state index >= 15 is 0 Å². The zero-order valence-electron chi connectivity index (χ0n) is 17.0. The van der Waals surface area contributed by atoms with Crippen LogP contribution in [-0.4, -0.2) is 58.1 Å². The van der Waals surface area contributed by atoms with Crippen molar-refractivity contribution in [3.8, 4) is 0 Å². The van der Waals surface area contributed by atoms with Crippen molar-refractivity contribution in [2.75, 3.05) is 36.4 Å². The third-order valence-electron chi connectivity index (χ3n) is 5.39. The van der Waals surface area contributed by atoms with Crippen molar-refractivity contribution in [3.05, 3.63) is 52.2 Å². The van der Waals surface area contributed by atoms with Crippen molar-refractivity contribution in [1.82, 2.24) is 9.88 Å². The van der Waals surface area contributed by atoms with Crippen LogP contribution in [0.15, 0.2) is 41.4 Å². The van der Waals surface area contributed by atoms with E-state index in [9.17, 15) is 32.9 Å². The molecule has 13 heteroatoms. The molecule has 1 aromatic carbocycles. The summed E-state index contributed by atoms with van der Waals surface area (Å²) < 4.78 is 38.7. The first-order valence-corrected chi connectivity index (χ1v) is 10.8. The van der Waals surface area contributed by atoms with Crippen LogP contribution in [0, 0.1) is 10.1 Å². The SMILES string of the molecule is O=C1Nc2cc(C(F)(F)F)ccc2S[C@H]1CC(=O)N1CCN(c2ccc([N+](=O)[O-])cn2)CC1. The molecule has 0 unspecified atom stereocenters. The van der Waals surface area contributed by atoms with E-state index in [1.54, 1.807) is 11.0 Å². The van der Waals surface area contributed by atoms with Crippen LogP contribution in [0.1, 0.15) is 12.0 Å². The Balaban J connectivity index is 1.34. The molecule has 4 rings (SSSR count). The highest BCUT2D eigenvalue weighted by Gasteiger charge is 2.35. The van der Waals surface area contributed by atoms with Gasteiger partial charge in [0.25, 0.3) is 5.69 Å². The molecule has 2 amide bonds. The Labute approximate surface area is 190 Å². The molecule has 2 aliphatic heterocycles. The van der Waals surface area contributed by atoms with E-state index in [2.05, 4.69) is 10.3 Å². The molecule has 1 fully saturated rings. The second-order valence-electron chi connectivity index (χ2n) is 7.51. The Morgan fingerprint density at radius 3 is 2.55 bits per heavy atom. The molecule has 1 aromatic heterocycles. The first kappa shape index (κ1) is 22.8. The molecule has 1 saturated heterocycles. The van der Waals surface area contributed by atoms with Crippen LogP contribution in [0.3, 0.4) is 0 Å². The van der Waals surface area contributed by atoms with Gasteiger partial charge in [-0.2, -0.15) is 13.2 Å². The van der Waals surface area contributed by atoms with E-state index in [4.69, 9.17) is 0 Å². The summed E-state index contributed by atoms with van der Waals surface area (Å²) in [7, 11) is 0. The van der Waals surface area contributed by atoms with E-state index in [-0.39, 0.29) is 23.7 Å². The van der Waals surface area contributed by atoms with Crippen molar-refractivity contribution >= 4 is 40.8 Å². The van der Waals surface area contributed by atoms with Gasteiger partial charge in [-0.25, -0.2) is 4.98 Å². The molecule has 0 bridgehead atoms. The molecule has 1 atom stereocenters.